The highest BCUT2D eigenvalue weighted by Crippen LogP contribution is 2.24. The molecule has 0 aliphatic heterocycles. The first-order chi connectivity index (χ1) is 11.7. The lowest BCUT2D eigenvalue weighted by Gasteiger charge is -2.07. The molecule has 0 aromatic carbocycles. The van der Waals surface area contributed by atoms with E-state index in [1.54, 1.807) is 24.4 Å². The van der Waals surface area contributed by atoms with E-state index in [-0.39, 0.29) is 11.3 Å². The van der Waals surface area contributed by atoms with E-state index in [1.165, 1.54) is 30.5 Å². The number of carbonyl (C=O) groups excluding carboxylic acids is 1. The maximum absolute atomic E-state index is 11.4. The average molecular weight is 321 g/mol. The predicted octanol–water partition coefficient (Wildman–Crippen LogP) is 2.44. The lowest BCUT2D eigenvalue weighted by molar-refractivity contribution is -0.120. The molecule has 0 saturated heterocycles. The Morgan fingerprint density at radius 3 is 2.38 bits per heavy atom. The molecule has 3 rings (SSSR count). The minimum atomic E-state index is -1.09. The van der Waals surface area contributed by atoms with E-state index in [4.69, 9.17) is 4.74 Å². The Hall–Kier alpha value is -3.61. The number of rotatable bonds is 5. The van der Waals surface area contributed by atoms with Crippen molar-refractivity contribution < 1.29 is 19.4 Å². The highest BCUT2D eigenvalue weighted by molar-refractivity contribution is 5.90. The van der Waals surface area contributed by atoms with Crippen LogP contribution in [0.15, 0.2) is 54.9 Å². The fourth-order valence-electron chi connectivity index (χ4n) is 2.11. The van der Waals surface area contributed by atoms with E-state index >= 15 is 0 Å². The average Bonchev–Trinajstić information content (AvgIpc) is 2.62. The lowest BCUT2D eigenvalue weighted by Crippen LogP contribution is -2.01. The molecule has 3 aromatic heterocycles. The van der Waals surface area contributed by atoms with Crippen LogP contribution in [0.3, 0.4) is 0 Å². The summed E-state index contributed by atoms with van der Waals surface area (Å²) in [4.78, 5) is 34.6. The quantitative estimate of drug-likeness (QED) is 0.720. The third-order valence-electron chi connectivity index (χ3n) is 3.18. The molecule has 0 unspecified atom stereocenters. The number of aromatic carboxylic acids is 1. The van der Waals surface area contributed by atoms with E-state index in [0.29, 0.717) is 29.2 Å². The zero-order valence-corrected chi connectivity index (χ0v) is 12.3. The van der Waals surface area contributed by atoms with Crippen molar-refractivity contribution in [3.63, 3.8) is 0 Å². The summed E-state index contributed by atoms with van der Waals surface area (Å²) < 4.78 is 4.78. The first kappa shape index (κ1) is 15.3. The topological polar surface area (TPSA) is 102 Å². The van der Waals surface area contributed by atoms with Crippen molar-refractivity contribution in [1.29, 1.82) is 0 Å². The third-order valence-corrected chi connectivity index (χ3v) is 3.18. The number of aromatic nitrogens is 3. The van der Waals surface area contributed by atoms with Crippen LogP contribution in [0.2, 0.25) is 0 Å². The van der Waals surface area contributed by atoms with Crippen molar-refractivity contribution in [3.8, 4) is 28.5 Å². The van der Waals surface area contributed by atoms with Gasteiger partial charge in [-0.15, -0.1) is 0 Å². The van der Waals surface area contributed by atoms with Crippen molar-refractivity contribution in [3.05, 3.63) is 60.4 Å². The molecule has 7 heteroatoms. The molecule has 3 heterocycles. The minimum absolute atomic E-state index is 0.0594. The highest BCUT2D eigenvalue weighted by atomic mass is 16.5. The standard InChI is InChI=1S/C17H11N3O4/c21-10-24-12-4-6-19-14(9-12)16-8-11(17(22)23)7-15(20-16)13-3-1-2-5-18-13/h1-10H,(H,22,23). The Morgan fingerprint density at radius 2 is 1.71 bits per heavy atom. The number of pyridine rings is 3. The van der Waals surface area contributed by atoms with Gasteiger partial charge in [0.05, 0.1) is 28.3 Å². The van der Waals surface area contributed by atoms with Crippen LogP contribution < -0.4 is 4.74 Å². The number of carboxylic acids is 1. The first-order valence-electron chi connectivity index (χ1n) is 6.91. The second kappa shape index (κ2) is 6.66. The van der Waals surface area contributed by atoms with Crippen LogP contribution in [0.1, 0.15) is 10.4 Å². The van der Waals surface area contributed by atoms with Crippen LogP contribution in [0.5, 0.6) is 5.75 Å². The molecule has 0 spiro atoms. The smallest absolute Gasteiger partial charge is 0.335 e. The largest absolute Gasteiger partial charge is 0.478 e. The summed E-state index contributed by atoms with van der Waals surface area (Å²) in [6, 6.07) is 11.1. The normalized spacial score (nSPS) is 10.2. The Labute approximate surface area is 136 Å². The zero-order chi connectivity index (χ0) is 16.9. The van der Waals surface area contributed by atoms with Gasteiger partial charge in [0.15, 0.2) is 0 Å². The van der Waals surface area contributed by atoms with E-state index in [1.807, 2.05) is 0 Å². The third kappa shape index (κ3) is 3.25. The summed E-state index contributed by atoms with van der Waals surface area (Å²) in [6.45, 7) is 0.305. The maximum Gasteiger partial charge on any atom is 0.335 e. The molecule has 0 atom stereocenters. The van der Waals surface area contributed by atoms with Gasteiger partial charge in [-0.3, -0.25) is 14.8 Å². The van der Waals surface area contributed by atoms with Crippen molar-refractivity contribution in [2.45, 2.75) is 0 Å². The van der Waals surface area contributed by atoms with Gasteiger partial charge in [-0.1, -0.05) is 6.07 Å². The summed E-state index contributed by atoms with van der Waals surface area (Å²) in [5.41, 5.74) is 1.74. The van der Waals surface area contributed by atoms with Gasteiger partial charge >= 0.3 is 5.97 Å². The molecule has 7 nitrogen and oxygen atoms in total. The van der Waals surface area contributed by atoms with Gasteiger partial charge in [0.1, 0.15) is 5.75 Å². The van der Waals surface area contributed by atoms with Crippen molar-refractivity contribution >= 4 is 12.4 Å². The number of hydrogen-bond donors (Lipinski definition) is 1. The summed E-state index contributed by atoms with van der Waals surface area (Å²) in [7, 11) is 0. The van der Waals surface area contributed by atoms with Crippen LogP contribution in [-0.2, 0) is 4.79 Å². The van der Waals surface area contributed by atoms with Gasteiger partial charge in [0, 0.05) is 18.5 Å². The molecule has 0 amide bonds. The fraction of sp³-hybridized carbons (Fsp3) is 0. The molecular weight excluding hydrogens is 310 g/mol. The van der Waals surface area contributed by atoms with E-state index < -0.39 is 5.97 Å². The Kier molecular flexibility index (Phi) is 4.24. The van der Waals surface area contributed by atoms with Crippen molar-refractivity contribution in [1.82, 2.24) is 15.0 Å². The van der Waals surface area contributed by atoms with Gasteiger partial charge in [-0.2, -0.15) is 0 Å². The molecule has 1 N–H and O–H groups in total. The molecule has 0 bridgehead atoms. The Balaban J connectivity index is 2.14. The lowest BCUT2D eigenvalue weighted by atomic mass is 10.1. The number of carbonyl (C=O) groups is 2. The maximum atomic E-state index is 11.4. The van der Waals surface area contributed by atoms with Crippen LogP contribution in [-0.4, -0.2) is 32.5 Å². The zero-order valence-electron chi connectivity index (χ0n) is 12.3. The Bertz CT molecular complexity index is 897. The molecule has 0 radical (unpaired) electrons. The molecule has 3 aromatic rings. The SMILES string of the molecule is O=COc1ccnc(-c2cc(C(=O)O)cc(-c3ccccn3)n2)c1. The van der Waals surface area contributed by atoms with Gasteiger partial charge < -0.3 is 9.84 Å². The molecule has 118 valence electrons. The Morgan fingerprint density at radius 1 is 0.958 bits per heavy atom. The number of nitrogens with zero attached hydrogens (tertiary/aromatic N) is 3. The molecule has 24 heavy (non-hydrogen) atoms. The second-order valence-corrected chi connectivity index (χ2v) is 4.74. The summed E-state index contributed by atoms with van der Waals surface area (Å²) in [5, 5.41) is 9.33. The highest BCUT2D eigenvalue weighted by Gasteiger charge is 2.13. The van der Waals surface area contributed by atoms with E-state index in [0.717, 1.165) is 0 Å². The van der Waals surface area contributed by atoms with Gasteiger partial charge in [-0.25, -0.2) is 9.78 Å². The van der Waals surface area contributed by atoms with Crippen molar-refractivity contribution in [2.75, 3.05) is 0 Å². The summed E-state index contributed by atoms with van der Waals surface area (Å²) in [6.07, 6.45) is 3.05. The van der Waals surface area contributed by atoms with E-state index in [2.05, 4.69) is 15.0 Å². The number of hydrogen-bond acceptors (Lipinski definition) is 6. The number of ether oxygens (including phenoxy) is 1. The number of carboxylic acid groups (broad SMARTS) is 1. The fourth-order valence-corrected chi connectivity index (χ4v) is 2.11. The summed E-state index contributed by atoms with van der Waals surface area (Å²) in [5.74, 6) is -0.798. The van der Waals surface area contributed by atoms with Crippen LogP contribution in [0.25, 0.3) is 22.8 Å². The molecule has 0 aliphatic carbocycles. The van der Waals surface area contributed by atoms with Crippen LogP contribution >= 0.6 is 0 Å². The van der Waals surface area contributed by atoms with Gasteiger partial charge in [-0.05, 0) is 30.3 Å². The van der Waals surface area contributed by atoms with E-state index in [9.17, 15) is 14.7 Å². The predicted molar refractivity (Wildman–Crippen MR) is 84.4 cm³/mol. The molecule has 0 aliphatic rings. The molecular formula is C17H11N3O4. The van der Waals surface area contributed by atoms with Crippen LogP contribution in [0, 0.1) is 0 Å². The van der Waals surface area contributed by atoms with Crippen molar-refractivity contribution in [2.24, 2.45) is 0 Å². The van der Waals surface area contributed by atoms with Crippen LogP contribution in [0.4, 0.5) is 0 Å². The first-order valence-corrected chi connectivity index (χ1v) is 6.91. The van der Waals surface area contributed by atoms with Gasteiger partial charge in [0.2, 0.25) is 0 Å². The molecule has 0 fully saturated rings. The van der Waals surface area contributed by atoms with Gasteiger partial charge in [0.25, 0.3) is 6.47 Å². The summed E-state index contributed by atoms with van der Waals surface area (Å²) >= 11 is 0. The molecule has 0 saturated carbocycles. The monoisotopic (exact) mass is 321 g/mol. The second-order valence-electron chi connectivity index (χ2n) is 4.74. The minimum Gasteiger partial charge on any atom is -0.478 e.